The lowest BCUT2D eigenvalue weighted by molar-refractivity contribution is 0.533. The second-order valence-electron chi connectivity index (χ2n) is 5.21. The van der Waals surface area contributed by atoms with Gasteiger partial charge in [-0.05, 0) is 24.1 Å². The Morgan fingerprint density at radius 1 is 1.30 bits per heavy atom. The fourth-order valence-corrected chi connectivity index (χ4v) is 2.36. The first kappa shape index (κ1) is 15.4. The molecule has 0 saturated carbocycles. The average Bonchev–Trinajstić information content (AvgIpc) is 2.82. The Labute approximate surface area is 129 Å². The molecule has 0 unspecified atom stereocenters. The Kier molecular flexibility index (Phi) is 5.46. The van der Waals surface area contributed by atoms with Crippen LogP contribution in [0.15, 0.2) is 30.6 Å². The van der Waals surface area contributed by atoms with Crippen molar-refractivity contribution in [2.45, 2.75) is 26.9 Å². The van der Waals surface area contributed by atoms with Gasteiger partial charge in [0, 0.05) is 12.4 Å². The van der Waals surface area contributed by atoms with Gasteiger partial charge in [0.25, 0.3) is 0 Å². The van der Waals surface area contributed by atoms with Crippen molar-refractivity contribution in [3.63, 3.8) is 0 Å². The standard InChI is InChI=1S/C15H19Cl2N3/c1-11(2)8-18-9-14-19-6-7-20(14)10-12-4-3-5-13(16)15(12)17/h3-7,11,18H,8-10H2,1-2H3. The molecule has 20 heavy (non-hydrogen) atoms. The van der Waals surface area contributed by atoms with Gasteiger partial charge in [0.1, 0.15) is 5.82 Å². The van der Waals surface area contributed by atoms with Crippen LogP contribution in [0.25, 0.3) is 0 Å². The number of hydrogen-bond donors (Lipinski definition) is 1. The van der Waals surface area contributed by atoms with E-state index in [4.69, 9.17) is 23.2 Å². The van der Waals surface area contributed by atoms with Gasteiger partial charge in [0.15, 0.2) is 0 Å². The van der Waals surface area contributed by atoms with Gasteiger partial charge in [-0.15, -0.1) is 0 Å². The van der Waals surface area contributed by atoms with Gasteiger partial charge in [-0.1, -0.05) is 49.2 Å². The Bertz CT molecular complexity index is 564. The molecule has 0 amide bonds. The van der Waals surface area contributed by atoms with Gasteiger partial charge in [0.2, 0.25) is 0 Å². The van der Waals surface area contributed by atoms with Crippen LogP contribution in [-0.4, -0.2) is 16.1 Å². The van der Waals surface area contributed by atoms with Crippen molar-refractivity contribution < 1.29 is 0 Å². The number of hydrogen-bond acceptors (Lipinski definition) is 2. The van der Waals surface area contributed by atoms with Crippen molar-refractivity contribution in [2.24, 2.45) is 5.92 Å². The second kappa shape index (κ2) is 7.11. The third-order valence-electron chi connectivity index (χ3n) is 3.01. The van der Waals surface area contributed by atoms with Gasteiger partial charge < -0.3 is 9.88 Å². The SMILES string of the molecule is CC(C)CNCc1nccn1Cc1cccc(Cl)c1Cl. The Morgan fingerprint density at radius 3 is 2.85 bits per heavy atom. The fourth-order valence-electron chi connectivity index (χ4n) is 1.98. The van der Waals surface area contributed by atoms with Gasteiger partial charge in [-0.25, -0.2) is 4.98 Å². The molecule has 0 aliphatic carbocycles. The summed E-state index contributed by atoms with van der Waals surface area (Å²) in [6.07, 6.45) is 3.77. The third-order valence-corrected chi connectivity index (χ3v) is 3.87. The lowest BCUT2D eigenvalue weighted by Gasteiger charge is -2.11. The van der Waals surface area contributed by atoms with Crippen LogP contribution in [0.3, 0.4) is 0 Å². The highest BCUT2D eigenvalue weighted by atomic mass is 35.5. The van der Waals surface area contributed by atoms with E-state index >= 15 is 0 Å². The molecule has 2 aromatic rings. The zero-order valence-corrected chi connectivity index (χ0v) is 13.2. The first-order chi connectivity index (χ1) is 9.58. The molecule has 5 heteroatoms. The first-order valence-corrected chi connectivity index (χ1v) is 7.47. The van der Waals surface area contributed by atoms with E-state index in [0.29, 0.717) is 22.5 Å². The van der Waals surface area contributed by atoms with Crippen molar-refractivity contribution >= 4 is 23.2 Å². The van der Waals surface area contributed by atoms with Crippen LogP contribution in [0.5, 0.6) is 0 Å². The number of nitrogens with one attached hydrogen (secondary N) is 1. The molecule has 2 rings (SSSR count). The Morgan fingerprint density at radius 2 is 2.10 bits per heavy atom. The Hall–Kier alpha value is -1.03. The van der Waals surface area contributed by atoms with Gasteiger partial charge >= 0.3 is 0 Å². The number of benzene rings is 1. The van der Waals surface area contributed by atoms with Crippen LogP contribution < -0.4 is 5.32 Å². The van der Waals surface area contributed by atoms with Crippen LogP contribution in [0, 0.1) is 5.92 Å². The van der Waals surface area contributed by atoms with Gasteiger partial charge in [-0.2, -0.15) is 0 Å². The molecule has 0 radical (unpaired) electrons. The lowest BCUT2D eigenvalue weighted by Crippen LogP contribution is -2.21. The number of imidazole rings is 1. The summed E-state index contributed by atoms with van der Waals surface area (Å²) >= 11 is 12.3. The molecule has 3 nitrogen and oxygen atoms in total. The van der Waals surface area contributed by atoms with Gasteiger partial charge in [-0.3, -0.25) is 0 Å². The summed E-state index contributed by atoms with van der Waals surface area (Å²) in [6, 6.07) is 5.70. The molecule has 1 aromatic carbocycles. The minimum absolute atomic E-state index is 0.587. The molecule has 0 aliphatic heterocycles. The highest BCUT2D eigenvalue weighted by Crippen LogP contribution is 2.26. The minimum Gasteiger partial charge on any atom is -0.329 e. The van der Waals surface area contributed by atoms with E-state index in [1.165, 1.54) is 0 Å². The van der Waals surface area contributed by atoms with E-state index in [9.17, 15) is 0 Å². The van der Waals surface area contributed by atoms with E-state index < -0.39 is 0 Å². The molecule has 108 valence electrons. The molecule has 1 N–H and O–H groups in total. The Balaban J connectivity index is 2.06. The van der Waals surface area contributed by atoms with Crippen molar-refractivity contribution in [3.8, 4) is 0 Å². The lowest BCUT2D eigenvalue weighted by atomic mass is 10.2. The van der Waals surface area contributed by atoms with Crippen LogP contribution in [-0.2, 0) is 13.1 Å². The molecular formula is C15H19Cl2N3. The predicted molar refractivity (Wildman–Crippen MR) is 84.3 cm³/mol. The van der Waals surface area contributed by atoms with Crippen LogP contribution in [0.1, 0.15) is 25.2 Å². The molecule has 0 atom stereocenters. The summed E-state index contributed by atoms with van der Waals surface area (Å²) in [4.78, 5) is 4.39. The molecule has 1 aromatic heterocycles. The molecule has 0 fully saturated rings. The summed E-state index contributed by atoms with van der Waals surface area (Å²) in [5.74, 6) is 1.63. The van der Waals surface area contributed by atoms with E-state index in [1.807, 2.05) is 24.5 Å². The molecule has 0 spiro atoms. The molecular weight excluding hydrogens is 293 g/mol. The number of rotatable bonds is 6. The molecule has 1 heterocycles. The highest BCUT2D eigenvalue weighted by molar-refractivity contribution is 6.42. The van der Waals surface area contributed by atoms with E-state index in [0.717, 1.165) is 24.5 Å². The van der Waals surface area contributed by atoms with Crippen LogP contribution in [0.2, 0.25) is 10.0 Å². The summed E-state index contributed by atoms with van der Waals surface area (Å²) < 4.78 is 2.09. The topological polar surface area (TPSA) is 29.9 Å². The molecule has 0 aliphatic rings. The zero-order chi connectivity index (χ0) is 14.5. The number of nitrogens with zero attached hydrogens (tertiary/aromatic N) is 2. The summed E-state index contributed by atoms with van der Waals surface area (Å²) in [7, 11) is 0. The second-order valence-corrected chi connectivity index (χ2v) is 5.99. The smallest absolute Gasteiger partial charge is 0.122 e. The largest absolute Gasteiger partial charge is 0.329 e. The van der Waals surface area contributed by atoms with Crippen molar-refractivity contribution in [1.82, 2.24) is 14.9 Å². The fraction of sp³-hybridized carbons (Fsp3) is 0.400. The normalized spacial score (nSPS) is 11.2. The zero-order valence-electron chi connectivity index (χ0n) is 11.7. The monoisotopic (exact) mass is 311 g/mol. The number of halogens is 2. The maximum absolute atomic E-state index is 6.23. The summed E-state index contributed by atoms with van der Waals surface area (Å²) in [5, 5.41) is 4.60. The highest BCUT2D eigenvalue weighted by Gasteiger charge is 2.08. The van der Waals surface area contributed by atoms with E-state index in [-0.39, 0.29) is 0 Å². The summed E-state index contributed by atoms with van der Waals surface area (Å²) in [6.45, 7) is 6.78. The van der Waals surface area contributed by atoms with Gasteiger partial charge in [0.05, 0.1) is 23.1 Å². The van der Waals surface area contributed by atoms with Crippen molar-refractivity contribution in [1.29, 1.82) is 0 Å². The third kappa shape index (κ3) is 3.98. The molecule has 0 bridgehead atoms. The summed E-state index contributed by atoms with van der Waals surface area (Å²) in [5.41, 5.74) is 1.00. The quantitative estimate of drug-likeness (QED) is 0.874. The van der Waals surface area contributed by atoms with E-state index in [1.54, 1.807) is 6.07 Å². The average molecular weight is 312 g/mol. The minimum atomic E-state index is 0.587. The first-order valence-electron chi connectivity index (χ1n) is 6.71. The van der Waals surface area contributed by atoms with Crippen molar-refractivity contribution in [2.75, 3.05) is 6.54 Å². The van der Waals surface area contributed by atoms with Crippen LogP contribution >= 0.6 is 23.2 Å². The molecule has 0 saturated heterocycles. The van der Waals surface area contributed by atoms with Crippen LogP contribution in [0.4, 0.5) is 0 Å². The van der Waals surface area contributed by atoms with Crippen molar-refractivity contribution in [3.05, 3.63) is 52.0 Å². The predicted octanol–water partition coefficient (Wildman–Crippen LogP) is 3.98. The maximum Gasteiger partial charge on any atom is 0.122 e. The number of aromatic nitrogens is 2. The maximum atomic E-state index is 6.23. The van der Waals surface area contributed by atoms with E-state index in [2.05, 4.69) is 28.7 Å².